The Hall–Kier alpha value is -6.38. The average Bonchev–Trinajstić information content (AvgIpc) is 3.43. The third-order valence-electron chi connectivity index (χ3n) is 10.9. The van der Waals surface area contributed by atoms with Crippen molar-refractivity contribution < 1.29 is 0 Å². The minimum atomic E-state index is -0.0143. The van der Waals surface area contributed by atoms with E-state index in [2.05, 4.69) is 172 Å². The van der Waals surface area contributed by atoms with Gasteiger partial charge in [0.25, 0.3) is 0 Å². The van der Waals surface area contributed by atoms with Crippen LogP contribution in [0.3, 0.4) is 0 Å². The molecule has 0 spiro atoms. The molecule has 0 saturated carbocycles. The number of benzene rings is 8. The van der Waals surface area contributed by atoms with E-state index in [1.807, 2.05) is 12.1 Å². The summed E-state index contributed by atoms with van der Waals surface area (Å²) in [7, 11) is 0. The van der Waals surface area contributed by atoms with Gasteiger partial charge >= 0.3 is 0 Å². The first kappa shape index (κ1) is 29.5. The van der Waals surface area contributed by atoms with Gasteiger partial charge in [0.1, 0.15) is 0 Å². The highest BCUT2D eigenvalue weighted by Crippen LogP contribution is 2.50. The second-order valence-corrected chi connectivity index (χ2v) is 14.2. The quantitative estimate of drug-likeness (QED) is 0.177. The second-order valence-electron chi connectivity index (χ2n) is 14.2. The van der Waals surface area contributed by atoms with Crippen LogP contribution in [0.15, 0.2) is 170 Å². The van der Waals surface area contributed by atoms with Crippen LogP contribution in [0.2, 0.25) is 0 Å². The molecule has 0 atom stereocenters. The lowest BCUT2D eigenvalue weighted by Crippen LogP contribution is -2.14. The molecule has 0 bridgehead atoms. The molecule has 9 aromatic rings. The van der Waals surface area contributed by atoms with Crippen LogP contribution in [0.25, 0.3) is 88.5 Å². The zero-order chi connectivity index (χ0) is 34.1. The average molecular weight is 651 g/mol. The van der Waals surface area contributed by atoms with E-state index in [0.29, 0.717) is 0 Å². The molecular formula is C49H34N2. The van der Waals surface area contributed by atoms with Gasteiger partial charge in [-0.3, -0.25) is 0 Å². The van der Waals surface area contributed by atoms with Gasteiger partial charge in [0, 0.05) is 27.5 Å². The van der Waals surface area contributed by atoms with E-state index in [9.17, 15) is 0 Å². The van der Waals surface area contributed by atoms with E-state index in [1.54, 1.807) is 0 Å². The fourth-order valence-corrected chi connectivity index (χ4v) is 8.35. The topological polar surface area (TPSA) is 25.8 Å². The van der Waals surface area contributed by atoms with Gasteiger partial charge in [-0.25, -0.2) is 9.97 Å². The van der Waals surface area contributed by atoms with E-state index < -0.39 is 0 Å². The Morgan fingerprint density at radius 1 is 0.353 bits per heavy atom. The summed E-state index contributed by atoms with van der Waals surface area (Å²) in [6.07, 6.45) is 0. The monoisotopic (exact) mass is 650 g/mol. The summed E-state index contributed by atoms with van der Waals surface area (Å²) >= 11 is 0. The van der Waals surface area contributed by atoms with Gasteiger partial charge in [-0.2, -0.15) is 0 Å². The van der Waals surface area contributed by atoms with Crippen molar-refractivity contribution in [1.29, 1.82) is 0 Å². The molecule has 0 aliphatic heterocycles. The van der Waals surface area contributed by atoms with E-state index in [1.165, 1.54) is 65.7 Å². The van der Waals surface area contributed by atoms with Crippen LogP contribution in [0.5, 0.6) is 0 Å². The van der Waals surface area contributed by atoms with Crippen molar-refractivity contribution in [2.24, 2.45) is 0 Å². The minimum Gasteiger partial charge on any atom is -0.228 e. The Morgan fingerprint density at radius 3 is 1.61 bits per heavy atom. The molecule has 51 heavy (non-hydrogen) atoms. The van der Waals surface area contributed by atoms with Crippen LogP contribution < -0.4 is 0 Å². The van der Waals surface area contributed by atoms with Crippen molar-refractivity contribution in [2.75, 3.05) is 0 Å². The van der Waals surface area contributed by atoms with Crippen molar-refractivity contribution in [2.45, 2.75) is 19.3 Å². The molecule has 0 unspecified atom stereocenters. The molecule has 0 fully saturated rings. The van der Waals surface area contributed by atoms with Crippen LogP contribution >= 0.6 is 0 Å². The maximum Gasteiger partial charge on any atom is 0.161 e. The summed E-state index contributed by atoms with van der Waals surface area (Å²) in [5.41, 5.74) is 12.9. The van der Waals surface area contributed by atoms with Crippen LogP contribution in [0.4, 0.5) is 0 Å². The molecular weight excluding hydrogens is 617 g/mol. The maximum atomic E-state index is 5.25. The van der Waals surface area contributed by atoms with Crippen LogP contribution in [-0.4, -0.2) is 9.97 Å². The highest BCUT2D eigenvalue weighted by molar-refractivity contribution is 6.28. The van der Waals surface area contributed by atoms with Crippen LogP contribution in [0.1, 0.15) is 25.0 Å². The Bertz CT molecular complexity index is 2760. The Labute approximate surface area is 297 Å². The van der Waals surface area contributed by atoms with Crippen molar-refractivity contribution in [1.82, 2.24) is 9.97 Å². The Kier molecular flexibility index (Phi) is 6.56. The molecule has 1 aliphatic carbocycles. The smallest absolute Gasteiger partial charge is 0.161 e. The summed E-state index contributed by atoms with van der Waals surface area (Å²) in [5, 5.41) is 7.28. The van der Waals surface area contributed by atoms with Crippen LogP contribution in [-0.2, 0) is 5.41 Å². The zero-order valence-electron chi connectivity index (χ0n) is 28.6. The van der Waals surface area contributed by atoms with Gasteiger partial charge in [-0.15, -0.1) is 0 Å². The largest absolute Gasteiger partial charge is 0.228 e. The lowest BCUT2D eigenvalue weighted by Gasteiger charge is -2.21. The summed E-state index contributed by atoms with van der Waals surface area (Å²) in [4.78, 5) is 10.5. The lowest BCUT2D eigenvalue weighted by atomic mass is 9.82. The molecule has 0 saturated heterocycles. The maximum absolute atomic E-state index is 5.25. The van der Waals surface area contributed by atoms with Crippen molar-refractivity contribution in [3.8, 4) is 56.2 Å². The van der Waals surface area contributed by atoms with Gasteiger partial charge in [-0.05, 0) is 78.5 Å². The van der Waals surface area contributed by atoms with E-state index >= 15 is 0 Å². The number of hydrogen-bond donors (Lipinski definition) is 0. The Balaban J connectivity index is 1.22. The number of aromatic nitrogens is 2. The summed E-state index contributed by atoms with van der Waals surface area (Å²) in [6.45, 7) is 4.68. The second kappa shape index (κ2) is 11.3. The first-order valence-electron chi connectivity index (χ1n) is 17.7. The molecule has 1 aliphatic rings. The fraction of sp³-hybridized carbons (Fsp3) is 0.0612. The van der Waals surface area contributed by atoms with Gasteiger partial charge in [0.05, 0.1) is 11.4 Å². The third-order valence-corrected chi connectivity index (χ3v) is 10.9. The lowest BCUT2D eigenvalue weighted by molar-refractivity contribution is 0.660. The highest BCUT2D eigenvalue weighted by atomic mass is 14.9. The zero-order valence-corrected chi connectivity index (χ0v) is 28.6. The van der Waals surface area contributed by atoms with Gasteiger partial charge in [-0.1, -0.05) is 166 Å². The van der Waals surface area contributed by atoms with E-state index in [-0.39, 0.29) is 5.41 Å². The normalized spacial score (nSPS) is 13.1. The predicted molar refractivity (Wildman–Crippen MR) is 214 cm³/mol. The molecule has 0 radical (unpaired) electrons. The summed E-state index contributed by atoms with van der Waals surface area (Å²) in [5.74, 6) is 0.723. The number of hydrogen-bond acceptors (Lipinski definition) is 2. The Morgan fingerprint density at radius 2 is 0.882 bits per heavy atom. The summed E-state index contributed by atoms with van der Waals surface area (Å²) in [6, 6.07) is 61.2. The summed E-state index contributed by atoms with van der Waals surface area (Å²) < 4.78 is 0. The molecule has 1 heterocycles. The molecule has 0 amide bonds. The molecule has 10 rings (SSSR count). The first-order valence-corrected chi connectivity index (χ1v) is 17.7. The molecule has 8 aromatic carbocycles. The predicted octanol–water partition coefficient (Wildman–Crippen LogP) is 12.9. The van der Waals surface area contributed by atoms with Gasteiger partial charge in [0.2, 0.25) is 0 Å². The number of nitrogens with zero attached hydrogens (tertiary/aromatic N) is 2. The van der Waals surface area contributed by atoms with Crippen molar-refractivity contribution >= 4 is 32.3 Å². The minimum absolute atomic E-state index is 0.0143. The standard InChI is InChI=1S/C49H34N2/c1-49(2)43-23-12-11-20-37(43)42-29-34(25-27-44(42)49)33-24-26-39-41(28-33)36-19-10-9-18-35(36)38-21-13-22-40(47(38)39)48-50-45(31-14-5-3-6-15-31)30-46(51-48)32-16-7-4-8-17-32/h3-30H,1-2H3. The third kappa shape index (κ3) is 4.64. The molecule has 2 nitrogen and oxygen atoms in total. The van der Waals surface area contributed by atoms with Crippen molar-refractivity contribution in [3.63, 3.8) is 0 Å². The number of rotatable bonds is 4. The molecule has 240 valence electrons. The van der Waals surface area contributed by atoms with Gasteiger partial charge in [0.15, 0.2) is 5.82 Å². The van der Waals surface area contributed by atoms with E-state index in [0.717, 1.165) is 33.9 Å². The molecule has 2 heteroatoms. The first-order chi connectivity index (χ1) is 25.0. The molecule has 0 N–H and O–H groups in total. The fourth-order valence-electron chi connectivity index (χ4n) is 8.35. The number of fused-ring (bicyclic) bond motifs is 9. The van der Waals surface area contributed by atoms with E-state index in [4.69, 9.17) is 9.97 Å². The van der Waals surface area contributed by atoms with Gasteiger partial charge < -0.3 is 0 Å². The van der Waals surface area contributed by atoms with Crippen LogP contribution in [0, 0.1) is 0 Å². The molecule has 1 aromatic heterocycles. The SMILES string of the molecule is CC1(C)c2ccccc2-c2cc(-c3ccc4c(c3)c3ccccc3c3cccc(-c5nc(-c6ccccc6)cc(-c6ccccc6)n5)c34)ccc21. The van der Waals surface area contributed by atoms with Crippen molar-refractivity contribution in [3.05, 3.63) is 181 Å². The highest BCUT2D eigenvalue weighted by Gasteiger charge is 2.35.